The summed E-state index contributed by atoms with van der Waals surface area (Å²) in [7, 11) is 0. The van der Waals surface area contributed by atoms with Crippen molar-refractivity contribution in [2.24, 2.45) is 5.92 Å². The first kappa shape index (κ1) is 17.3. The highest BCUT2D eigenvalue weighted by Gasteiger charge is 2.38. The number of carboxylic acids is 1. The first-order valence-corrected chi connectivity index (χ1v) is 7.75. The summed E-state index contributed by atoms with van der Waals surface area (Å²) in [5, 5.41) is 11.9. The maximum absolute atomic E-state index is 12.4. The van der Waals surface area contributed by atoms with Gasteiger partial charge < -0.3 is 19.9 Å². The summed E-state index contributed by atoms with van der Waals surface area (Å²) in [6, 6.07) is 6.84. The molecule has 1 aromatic rings. The average Bonchev–Trinajstić information content (AvgIpc) is 2.92. The van der Waals surface area contributed by atoms with Gasteiger partial charge in [-0.15, -0.1) is 0 Å². The van der Waals surface area contributed by atoms with Crippen LogP contribution in [0.1, 0.15) is 37.0 Å². The monoisotopic (exact) mass is 321 g/mol. The number of carbonyl (C=O) groups excluding carboxylic acids is 1. The number of aliphatic carboxylic acids is 1. The second-order valence-corrected chi connectivity index (χ2v) is 6.34. The Labute approximate surface area is 135 Å². The van der Waals surface area contributed by atoms with E-state index in [1.54, 1.807) is 24.3 Å². The van der Waals surface area contributed by atoms with Crippen molar-refractivity contribution in [2.45, 2.75) is 32.2 Å². The maximum Gasteiger partial charge on any atom is 0.305 e. The quantitative estimate of drug-likeness (QED) is 0.803. The van der Waals surface area contributed by atoms with Crippen LogP contribution in [0.25, 0.3) is 0 Å². The van der Waals surface area contributed by atoms with Crippen molar-refractivity contribution in [1.29, 1.82) is 0 Å². The van der Waals surface area contributed by atoms with Crippen LogP contribution in [-0.2, 0) is 9.53 Å². The molecule has 1 atom stereocenters. The van der Waals surface area contributed by atoms with Crippen LogP contribution in [0.15, 0.2) is 24.3 Å². The van der Waals surface area contributed by atoms with Gasteiger partial charge in [0.1, 0.15) is 5.75 Å². The zero-order chi connectivity index (χ0) is 16.9. The molecule has 6 heteroatoms. The highest BCUT2D eigenvalue weighted by Crippen LogP contribution is 2.23. The van der Waals surface area contributed by atoms with E-state index in [1.165, 1.54) is 0 Å². The summed E-state index contributed by atoms with van der Waals surface area (Å²) in [6.07, 6.45) is 0.356. The number of rotatable bonds is 7. The van der Waals surface area contributed by atoms with E-state index in [0.717, 1.165) is 0 Å². The lowest BCUT2D eigenvalue weighted by atomic mass is 9.93. The van der Waals surface area contributed by atoms with Gasteiger partial charge in [-0.2, -0.15) is 0 Å². The van der Waals surface area contributed by atoms with E-state index < -0.39 is 11.5 Å². The molecule has 6 nitrogen and oxygen atoms in total. The van der Waals surface area contributed by atoms with E-state index in [4.69, 9.17) is 14.6 Å². The Balaban J connectivity index is 2.00. The van der Waals surface area contributed by atoms with Gasteiger partial charge in [0.05, 0.1) is 25.2 Å². The Morgan fingerprint density at radius 2 is 2.04 bits per heavy atom. The fourth-order valence-electron chi connectivity index (χ4n) is 2.46. The highest BCUT2D eigenvalue weighted by atomic mass is 16.5. The van der Waals surface area contributed by atoms with E-state index in [0.29, 0.717) is 36.9 Å². The van der Waals surface area contributed by atoms with Crippen molar-refractivity contribution < 1.29 is 24.2 Å². The molecule has 1 aromatic carbocycles. The lowest BCUT2D eigenvalue weighted by Gasteiger charge is -2.27. The van der Waals surface area contributed by atoms with Crippen molar-refractivity contribution in [1.82, 2.24) is 5.32 Å². The summed E-state index contributed by atoms with van der Waals surface area (Å²) >= 11 is 0. The van der Waals surface area contributed by atoms with Gasteiger partial charge in [0.25, 0.3) is 5.91 Å². The van der Waals surface area contributed by atoms with E-state index in [-0.39, 0.29) is 18.9 Å². The van der Waals surface area contributed by atoms with Gasteiger partial charge in [-0.25, -0.2) is 0 Å². The molecular weight excluding hydrogens is 298 g/mol. The van der Waals surface area contributed by atoms with Crippen molar-refractivity contribution >= 4 is 11.9 Å². The van der Waals surface area contributed by atoms with Crippen LogP contribution in [0.4, 0.5) is 0 Å². The number of amides is 1. The van der Waals surface area contributed by atoms with Gasteiger partial charge in [-0.1, -0.05) is 13.8 Å². The van der Waals surface area contributed by atoms with Crippen molar-refractivity contribution in [3.63, 3.8) is 0 Å². The molecule has 2 rings (SSSR count). The minimum absolute atomic E-state index is 0.145. The van der Waals surface area contributed by atoms with Crippen molar-refractivity contribution in [3.05, 3.63) is 29.8 Å². The van der Waals surface area contributed by atoms with E-state index in [1.807, 2.05) is 0 Å². The van der Waals surface area contributed by atoms with Gasteiger partial charge in [-0.3, -0.25) is 9.59 Å². The number of benzene rings is 1. The topological polar surface area (TPSA) is 84.9 Å². The maximum atomic E-state index is 12.4. The second kappa shape index (κ2) is 7.46. The van der Waals surface area contributed by atoms with Crippen LogP contribution in [0, 0.1) is 5.92 Å². The smallest absolute Gasteiger partial charge is 0.305 e. The molecule has 1 fully saturated rings. The molecule has 0 bridgehead atoms. The molecule has 1 heterocycles. The van der Waals surface area contributed by atoms with Gasteiger partial charge in [0.15, 0.2) is 0 Å². The second-order valence-electron chi connectivity index (χ2n) is 6.34. The molecule has 1 aliphatic heterocycles. The third kappa shape index (κ3) is 4.96. The number of hydrogen-bond acceptors (Lipinski definition) is 4. The van der Waals surface area contributed by atoms with Gasteiger partial charge >= 0.3 is 5.97 Å². The van der Waals surface area contributed by atoms with Crippen molar-refractivity contribution in [2.75, 3.05) is 19.8 Å². The standard InChI is InChI=1S/C17H23NO5/c1-12(2)10-23-14-5-3-13(4-6-14)16(21)18-17(9-15(19)20)7-8-22-11-17/h3-6,12H,7-11H2,1-2H3,(H,18,21)(H,19,20). The van der Waals surface area contributed by atoms with Crippen LogP contribution in [-0.4, -0.2) is 42.3 Å². The molecule has 126 valence electrons. The van der Waals surface area contributed by atoms with Gasteiger partial charge in [-0.05, 0) is 36.6 Å². The first-order chi connectivity index (χ1) is 10.9. The molecule has 0 saturated carbocycles. The van der Waals surface area contributed by atoms with Crippen LogP contribution >= 0.6 is 0 Å². The molecule has 1 unspecified atom stereocenters. The Bertz CT molecular complexity index is 547. The van der Waals surface area contributed by atoms with Gasteiger partial charge in [0.2, 0.25) is 0 Å². The Hall–Kier alpha value is -2.08. The van der Waals surface area contributed by atoms with Crippen LogP contribution in [0.2, 0.25) is 0 Å². The largest absolute Gasteiger partial charge is 0.493 e. The summed E-state index contributed by atoms with van der Waals surface area (Å²) < 4.78 is 10.9. The summed E-state index contributed by atoms with van der Waals surface area (Å²) in [6.45, 7) is 5.42. The molecule has 23 heavy (non-hydrogen) atoms. The van der Waals surface area contributed by atoms with Crippen LogP contribution in [0.5, 0.6) is 5.75 Å². The lowest BCUT2D eigenvalue weighted by Crippen LogP contribution is -2.50. The third-order valence-electron chi connectivity index (χ3n) is 3.67. The number of carbonyl (C=O) groups is 2. The Kier molecular flexibility index (Phi) is 5.60. The fraction of sp³-hybridized carbons (Fsp3) is 0.529. The normalized spacial score (nSPS) is 20.5. The average molecular weight is 321 g/mol. The minimum Gasteiger partial charge on any atom is -0.493 e. The van der Waals surface area contributed by atoms with E-state index >= 15 is 0 Å². The van der Waals surface area contributed by atoms with E-state index in [9.17, 15) is 9.59 Å². The molecule has 0 radical (unpaired) electrons. The molecule has 2 N–H and O–H groups in total. The Morgan fingerprint density at radius 1 is 1.35 bits per heavy atom. The number of nitrogens with one attached hydrogen (secondary N) is 1. The molecule has 0 aliphatic carbocycles. The summed E-state index contributed by atoms with van der Waals surface area (Å²) in [4.78, 5) is 23.4. The molecule has 0 aromatic heterocycles. The van der Waals surface area contributed by atoms with Crippen LogP contribution < -0.4 is 10.1 Å². The van der Waals surface area contributed by atoms with Gasteiger partial charge in [0, 0.05) is 12.2 Å². The molecule has 1 amide bonds. The SMILES string of the molecule is CC(C)COc1ccc(C(=O)NC2(CC(=O)O)CCOC2)cc1. The molecule has 0 spiro atoms. The van der Waals surface area contributed by atoms with E-state index in [2.05, 4.69) is 19.2 Å². The Morgan fingerprint density at radius 3 is 2.57 bits per heavy atom. The molecular formula is C17H23NO5. The van der Waals surface area contributed by atoms with Crippen LogP contribution in [0.3, 0.4) is 0 Å². The first-order valence-electron chi connectivity index (χ1n) is 7.75. The fourth-order valence-corrected chi connectivity index (χ4v) is 2.46. The number of ether oxygens (including phenoxy) is 2. The third-order valence-corrected chi connectivity index (χ3v) is 3.67. The predicted octanol–water partition coefficient (Wildman–Crippen LogP) is 2.08. The zero-order valence-corrected chi connectivity index (χ0v) is 13.5. The lowest BCUT2D eigenvalue weighted by molar-refractivity contribution is -0.138. The van der Waals surface area contributed by atoms with Crippen molar-refractivity contribution in [3.8, 4) is 5.75 Å². The number of hydrogen-bond donors (Lipinski definition) is 2. The zero-order valence-electron chi connectivity index (χ0n) is 13.5. The highest BCUT2D eigenvalue weighted by molar-refractivity contribution is 5.95. The summed E-state index contributed by atoms with van der Waals surface area (Å²) in [5.41, 5.74) is -0.353. The number of carboxylic acid groups (broad SMARTS) is 1. The molecule has 1 saturated heterocycles. The predicted molar refractivity (Wildman–Crippen MR) is 84.7 cm³/mol. The minimum atomic E-state index is -0.951. The molecule has 1 aliphatic rings. The summed E-state index contributed by atoms with van der Waals surface area (Å²) in [5.74, 6) is -0.115.